The van der Waals surface area contributed by atoms with Crippen molar-refractivity contribution in [2.75, 3.05) is 58.9 Å². The lowest BCUT2D eigenvalue weighted by atomic mass is 10.3. The van der Waals surface area contributed by atoms with Gasteiger partial charge in [-0.3, -0.25) is 0 Å². The van der Waals surface area contributed by atoms with Crippen LogP contribution >= 0.6 is 0 Å². The molecule has 0 spiro atoms. The molecule has 1 rings (SSSR count). The lowest BCUT2D eigenvalue weighted by Crippen LogP contribution is -2.41. The van der Waals surface area contributed by atoms with E-state index in [1.807, 2.05) is 0 Å². The fraction of sp³-hybridized carbons (Fsp3) is 1.00. The van der Waals surface area contributed by atoms with E-state index in [4.69, 9.17) is 0 Å². The van der Waals surface area contributed by atoms with Crippen molar-refractivity contribution in [1.82, 2.24) is 20.9 Å². The molecular formula is C13H30N4. The Balaban J connectivity index is 2.05. The summed E-state index contributed by atoms with van der Waals surface area (Å²) in [6, 6.07) is 0. The monoisotopic (exact) mass is 242 g/mol. The quantitative estimate of drug-likeness (QED) is 0.584. The van der Waals surface area contributed by atoms with Crippen molar-refractivity contribution in [3.63, 3.8) is 0 Å². The van der Waals surface area contributed by atoms with Gasteiger partial charge in [-0.05, 0) is 32.5 Å². The van der Waals surface area contributed by atoms with Crippen LogP contribution in [0.3, 0.4) is 0 Å². The Morgan fingerprint density at radius 3 is 2.65 bits per heavy atom. The Bertz CT molecular complexity index is 153. The van der Waals surface area contributed by atoms with E-state index in [0.29, 0.717) is 0 Å². The minimum absolute atomic E-state index is 1.10. The van der Waals surface area contributed by atoms with Crippen molar-refractivity contribution in [2.24, 2.45) is 0 Å². The third-order valence-electron chi connectivity index (χ3n) is 3.22. The van der Waals surface area contributed by atoms with Crippen molar-refractivity contribution in [2.45, 2.75) is 26.2 Å². The van der Waals surface area contributed by atoms with Crippen LogP contribution in [0, 0.1) is 0 Å². The molecular weight excluding hydrogens is 212 g/mol. The van der Waals surface area contributed by atoms with Gasteiger partial charge >= 0.3 is 0 Å². The molecule has 1 fully saturated rings. The second-order valence-corrected chi connectivity index (χ2v) is 4.80. The van der Waals surface area contributed by atoms with E-state index < -0.39 is 0 Å². The summed E-state index contributed by atoms with van der Waals surface area (Å²) in [4.78, 5) is 2.57. The van der Waals surface area contributed by atoms with Gasteiger partial charge in [0.1, 0.15) is 0 Å². The highest BCUT2D eigenvalue weighted by Gasteiger charge is 2.05. The highest BCUT2D eigenvalue weighted by molar-refractivity contribution is 4.65. The van der Waals surface area contributed by atoms with Gasteiger partial charge in [0.25, 0.3) is 0 Å². The maximum absolute atomic E-state index is 3.52. The predicted molar refractivity (Wildman–Crippen MR) is 74.6 cm³/mol. The molecule has 0 aromatic rings. The largest absolute Gasteiger partial charge is 0.315 e. The molecule has 1 heterocycles. The Morgan fingerprint density at radius 1 is 1.00 bits per heavy atom. The molecule has 0 aliphatic carbocycles. The summed E-state index contributed by atoms with van der Waals surface area (Å²) >= 11 is 0. The Morgan fingerprint density at radius 2 is 1.82 bits per heavy atom. The number of rotatable bonds is 6. The van der Waals surface area contributed by atoms with Crippen molar-refractivity contribution >= 4 is 0 Å². The smallest absolute Gasteiger partial charge is 0.0107 e. The number of unbranched alkanes of at least 4 members (excludes halogenated alkanes) is 1. The van der Waals surface area contributed by atoms with Crippen LogP contribution in [0.4, 0.5) is 0 Å². The zero-order valence-electron chi connectivity index (χ0n) is 11.4. The van der Waals surface area contributed by atoms with Gasteiger partial charge in [-0.1, -0.05) is 13.3 Å². The van der Waals surface area contributed by atoms with E-state index in [1.54, 1.807) is 0 Å². The van der Waals surface area contributed by atoms with E-state index in [2.05, 4.69) is 27.8 Å². The first-order valence-corrected chi connectivity index (χ1v) is 7.28. The molecule has 0 radical (unpaired) electrons. The van der Waals surface area contributed by atoms with E-state index in [0.717, 1.165) is 32.7 Å². The lowest BCUT2D eigenvalue weighted by Gasteiger charge is -2.24. The minimum Gasteiger partial charge on any atom is -0.315 e. The highest BCUT2D eigenvalue weighted by atomic mass is 15.2. The summed E-state index contributed by atoms with van der Waals surface area (Å²) in [5.74, 6) is 0. The van der Waals surface area contributed by atoms with Gasteiger partial charge in [-0.2, -0.15) is 0 Å². The zero-order valence-corrected chi connectivity index (χ0v) is 11.4. The predicted octanol–water partition coefficient (Wildman–Crippen LogP) is 0.261. The number of nitrogens with zero attached hydrogens (tertiary/aromatic N) is 1. The van der Waals surface area contributed by atoms with Crippen molar-refractivity contribution in [3.8, 4) is 0 Å². The summed E-state index contributed by atoms with van der Waals surface area (Å²) in [5.41, 5.74) is 0. The molecule has 1 saturated heterocycles. The molecule has 17 heavy (non-hydrogen) atoms. The fourth-order valence-corrected chi connectivity index (χ4v) is 2.09. The number of hydrogen-bond acceptors (Lipinski definition) is 4. The van der Waals surface area contributed by atoms with Gasteiger partial charge in [0.2, 0.25) is 0 Å². The standard InChI is InChI=1S/C13H30N4/c1-2-3-5-15-9-12-17-11-4-6-14-7-8-16-10-13-17/h14-16H,2-13H2,1H3. The first kappa shape index (κ1) is 14.9. The molecule has 1 aliphatic heterocycles. The van der Waals surface area contributed by atoms with Crippen LogP contribution in [0.1, 0.15) is 26.2 Å². The molecule has 0 amide bonds. The molecule has 0 aromatic heterocycles. The first-order valence-electron chi connectivity index (χ1n) is 7.28. The van der Waals surface area contributed by atoms with Gasteiger partial charge in [-0.15, -0.1) is 0 Å². The molecule has 0 bridgehead atoms. The lowest BCUT2D eigenvalue weighted by molar-refractivity contribution is 0.264. The SMILES string of the molecule is CCCCNCCN1CCCNCCNCC1. The number of nitrogens with one attached hydrogen (secondary N) is 3. The zero-order chi connectivity index (χ0) is 12.2. The topological polar surface area (TPSA) is 39.3 Å². The summed E-state index contributed by atoms with van der Waals surface area (Å²) in [6.07, 6.45) is 3.85. The van der Waals surface area contributed by atoms with Crippen molar-refractivity contribution in [3.05, 3.63) is 0 Å². The van der Waals surface area contributed by atoms with E-state index in [9.17, 15) is 0 Å². The third kappa shape index (κ3) is 8.55. The molecule has 0 saturated carbocycles. The molecule has 3 N–H and O–H groups in total. The fourth-order valence-electron chi connectivity index (χ4n) is 2.09. The molecule has 4 heteroatoms. The third-order valence-corrected chi connectivity index (χ3v) is 3.22. The van der Waals surface area contributed by atoms with E-state index >= 15 is 0 Å². The van der Waals surface area contributed by atoms with Gasteiger partial charge in [0.05, 0.1) is 0 Å². The average molecular weight is 242 g/mol. The van der Waals surface area contributed by atoms with E-state index in [1.165, 1.54) is 45.4 Å². The number of hydrogen-bond donors (Lipinski definition) is 3. The first-order chi connectivity index (χ1) is 8.43. The maximum Gasteiger partial charge on any atom is 0.0107 e. The van der Waals surface area contributed by atoms with Crippen LogP contribution in [0.25, 0.3) is 0 Å². The normalized spacial score (nSPS) is 20.3. The van der Waals surface area contributed by atoms with Crippen LogP contribution in [0.15, 0.2) is 0 Å². The molecule has 0 atom stereocenters. The van der Waals surface area contributed by atoms with Crippen molar-refractivity contribution in [1.29, 1.82) is 0 Å². The van der Waals surface area contributed by atoms with Crippen LogP contribution in [0.5, 0.6) is 0 Å². The second-order valence-electron chi connectivity index (χ2n) is 4.80. The van der Waals surface area contributed by atoms with Crippen LogP contribution in [0.2, 0.25) is 0 Å². The van der Waals surface area contributed by atoms with Crippen LogP contribution in [-0.2, 0) is 0 Å². The molecule has 4 nitrogen and oxygen atoms in total. The minimum atomic E-state index is 1.10. The summed E-state index contributed by atoms with van der Waals surface area (Å²) in [6.45, 7) is 12.6. The molecule has 102 valence electrons. The molecule has 1 aliphatic rings. The average Bonchev–Trinajstić information content (AvgIpc) is 2.36. The van der Waals surface area contributed by atoms with E-state index in [-0.39, 0.29) is 0 Å². The van der Waals surface area contributed by atoms with Gasteiger partial charge < -0.3 is 20.9 Å². The maximum atomic E-state index is 3.52. The summed E-state index contributed by atoms with van der Waals surface area (Å²) in [7, 11) is 0. The Hall–Kier alpha value is -0.160. The van der Waals surface area contributed by atoms with Gasteiger partial charge in [0.15, 0.2) is 0 Å². The summed E-state index contributed by atoms with van der Waals surface area (Å²) in [5, 5.41) is 10.4. The van der Waals surface area contributed by atoms with Crippen LogP contribution in [-0.4, -0.2) is 63.8 Å². The molecule has 0 unspecified atom stereocenters. The molecule has 0 aromatic carbocycles. The van der Waals surface area contributed by atoms with Gasteiger partial charge in [-0.25, -0.2) is 0 Å². The van der Waals surface area contributed by atoms with Crippen LogP contribution < -0.4 is 16.0 Å². The Labute approximate surface area is 107 Å². The highest BCUT2D eigenvalue weighted by Crippen LogP contribution is 1.91. The van der Waals surface area contributed by atoms with Crippen molar-refractivity contribution < 1.29 is 0 Å². The Kier molecular flexibility index (Phi) is 9.61. The summed E-state index contributed by atoms with van der Waals surface area (Å²) < 4.78 is 0. The van der Waals surface area contributed by atoms with Gasteiger partial charge in [0, 0.05) is 39.3 Å². The second kappa shape index (κ2) is 11.0.